The van der Waals surface area contributed by atoms with Crippen molar-refractivity contribution in [2.45, 2.75) is 6.92 Å². The topological polar surface area (TPSA) is 105 Å². The lowest BCUT2D eigenvalue weighted by Crippen LogP contribution is -2.16. The number of pyridine rings is 1. The molecule has 4 aromatic rings. The van der Waals surface area contributed by atoms with Crippen LogP contribution < -0.4 is 14.8 Å². The molecular weight excluding hydrogens is 448 g/mol. The van der Waals surface area contributed by atoms with Gasteiger partial charge in [-0.05, 0) is 49.4 Å². The molecule has 9 heteroatoms. The summed E-state index contributed by atoms with van der Waals surface area (Å²) in [7, 11) is 3.10. The van der Waals surface area contributed by atoms with Crippen molar-refractivity contribution in [2.75, 3.05) is 26.1 Å². The third-order valence-corrected chi connectivity index (χ3v) is 5.16. The van der Waals surface area contributed by atoms with Gasteiger partial charge in [-0.2, -0.15) is 9.78 Å². The largest absolute Gasteiger partial charge is 0.497 e. The molecule has 2 heterocycles. The Hall–Kier alpha value is -4.66. The minimum atomic E-state index is -0.603. The highest BCUT2D eigenvalue weighted by Crippen LogP contribution is 2.26. The van der Waals surface area contributed by atoms with E-state index in [4.69, 9.17) is 14.2 Å². The summed E-state index contributed by atoms with van der Waals surface area (Å²) in [4.78, 5) is 30.0. The van der Waals surface area contributed by atoms with Crippen LogP contribution in [0.4, 0.5) is 5.82 Å². The second-order valence-corrected chi connectivity index (χ2v) is 7.33. The fourth-order valence-corrected chi connectivity index (χ4v) is 3.47. The SMILES string of the molecule is CCOC(=O)c1cnn(-c2ccc3ccccc3n2)c1NC(=O)/C=C/c1cc(OC)ccc1OC. The minimum absolute atomic E-state index is 0.113. The predicted octanol–water partition coefficient (Wildman–Crippen LogP) is 4.27. The molecule has 0 radical (unpaired) electrons. The molecule has 4 rings (SSSR count). The lowest BCUT2D eigenvalue weighted by molar-refractivity contribution is -0.111. The molecule has 178 valence electrons. The Morgan fingerprint density at radius 1 is 1.06 bits per heavy atom. The number of aromatic nitrogens is 3. The molecule has 0 aliphatic heterocycles. The number of fused-ring (bicyclic) bond motifs is 1. The maximum Gasteiger partial charge on any atom is 0.343 e. The van der Waals surface area contributed by atoms with E-state index >= 15 is 0 Å². The first kappa shape index (κ1) is 23.5. The number of methoxy groups -OCH3 is 2. The van der Waals surface area contributed by atoms with Gasteiger partial charge in [0, 0.05) is 17.0 Å². The summed E-state index contributed by atoms with van der Waals surface area (Å²) in [5.41, 5.74) is 1.51. The summed E-state index contributed by atoms with van der Waals surface area (Å²) >= 11 is 0. The van der Waals surface area contributed by atoms with Crippen molar-refractivity contribution in [3.05, 3.63) is 78.0 Å². The number of nitrogens with zero attached hydrogens (tertiary/aromatic N) is 3. The number of ether oxygens (including phenoxy) is 3. The zero-order valence-electron chi connectivity index (χ0n) is 19.5. The monoisotopic (exact) mass is 472 g/mol. The highest BCUT2D eigenvalue weighted by atomic mass is 16.5. The quantitative estimate of drug-likeness (QED) is 0.302. The van der Waals surface area contributed by atoms with E-state index in [9.17, 15) is 9.59 Å². The third-order valence-electron chi connectivity index (χ3n) is 5.16. The fraction of sp³-hybridized carbons (Fsp3) is 0.154. The van der Waals surface area contributed by atoms with Crippen molar-refractivity contribution in [1.82, 2.24) is 14.8 Å². The Kier molecular flexibility index (Phi) is 7.06. The van der Waals surface area contributed by atoms with Gasteiger partial charge in [0.05, 0.1) is 32.5 Å². The molecule has 0 saturated carbocycles. The van der Waals surface area contributed by atoms with Gasteiger partial charge in [-0.1, -0.05) is 18.2 Å². The predicted molar refractivity (Wildman–Crippen MR) is 132 cm³/mol. The fourth-order valence-electron chi connectivity index (χ4n) is 3.47. The molecule has 0 bridgehead atoms. The second kappa shape index (κ2) is 10.5. The summed E-state index contributed by atoms with van der Waals surface area (Å²) in [5, 5.41) is 7.99. The average Bonchev–Trinajstić information content (AvgIpc) is 3.30. The standard InChI is InChI=1S/C26H24N4O5/c1-4-35-26(32)20-16-27-30(23-13-9-17-7-5-6-8-21(17)28-23)25(20)29-24(31)14-10-18-15-19(33-2)11-12-22(18)34-3/h5-16H,4H2,1-3H3,(H,29,31)/b14-10+. The molecule has 1 amide bonds. The van der Waals surface area contributed by atoms with E-state index < -0.39 is 11.9 Å². The van der Waals surface area contributed by atoms with E-state index in [0.29, 0.717) is 22.9 Å². The Morgan fingerprint density at radius 3 is 2.66 bits per heavy atom. The van der Waals surface area contributed by atoms with Gasteiger partial charge >= 0.3 is 5.97 Å². The van der Waals surface area contributed by atoms with Crippen LogP contribution in [-0.4, -0.2) is 47.5 Å². The minimum Gasteiger partial charge on any atom is -0.497 e. The van der Waals surface area contributed by atoms with Crippen LogP contribution in [0.2, 0.25) is 0 Å². The number of esters is 1. The van der Waals surface area contributed by atoms with E-state index in [1.807, 2.05) is 30.3 Å². The van der Waals surface area contributed by atoms with Crippen molar-refractivity contribution >= 4 is 34.7 Å². The average molecular weight is 473 g/mol. The summed E-state index contributed by atoms with van der Waals surface area (Å²) in [6, 6.07) is 16.5. The molecule has 0 fully saturated rings. The van der Waals surface area contributed by atoms with E-state index in [1.165, 1.54) is 17.0 Å². The lowest BCUT2D eigenvalue weighted by Gasteiger charge is -2.10. The summed E-state index contributed by atoms with van der Waals surface area (Å²) in [6.07, 6.45) is 4.27. The number of benzene rings is 2. The molecule has 1 N–H and O–H groups in total. The van der Waals surface area contributed by atoms with Crippen LogP contribution in [0.5, 0.6) is 11.5 Å². The second-order valence-electron chi connectivity index (χ2n) is 7.33. The molecule has 0 aliphatic carbocycles. The van der Waals surface area contributed by atoms with Crippen LogP contribution in [0.1, 0.15) is 22.8 Å². The maximum atomic E-state index is 12.9. The van der Waals surface area contributed by atoms with Gasteiger partial charge in [-0.3, -0.25) is 4.79 Å². The van der Waals surface area contributed by atoms with Gasteiger partial charge in [-0.15, -0.1) is 0 Å². The smallest absolute Gasteiger partial charge is 0.343 e. The van der Waals surface area contributed by atoms with Crippen LogP contribution in [0.3, 0.4) is 0 Å². The summed E-state index contributed by atoms with van der Waals surface area (Å²) < 4.78 is 17.1. The van der Waals surface area contributed by atoms with Crippen molar-refractivity contribution in [3.8, 4) is 17.3 Å². The highest BCUT2D eigenvalue weighted by Gasteiger charge is 2.21. The van der Waals surface area contributed by atoms with Crippen LogP contribution in [-0.2, 0) is 9.53 Å². The number of carbonyl (C=O) groups excluding carboxylic acids is 2. The van der Waals surface area contributed by atoms with Crippen LogP contribution in [0.15, 0.2) is 66.9 Å². The molecule has 2 aromatic heterocycles. The number of hydrogen-bond acceptors (Lipinski definition) is 7. The van der Waals surface area contributed by atoms with Crippen LogP contribution in [0.25, 0.3) is 22.8 Å². The molecule has 9 nitrogen and oxygen atoms in total. The molecular formula is C26H24N4O5. The number of nitrogens with one attached hydrogen (secondary N) is 1. The van der Waals surface area contributed by atoms with Gasteiger partial charge in [0.15, 0.2) is 11.6 Å². The zero-order chi connectivity index (χ0) is 24.8. The summed E-state index contributed by atoms with van der Waals surface area (Å²) in [5.74, 6) is 0.700. The van der Waals surface area contributed by atoms with E-state index in [2.05, 4.69) is 15.4 Å². The molecule has 0 saturated heterocycles. The van der Waals surface area contributed by atoms with Gasteiger partial charge in [0.2, 0.25) is 5.91 Å². The molecule has 0 spiro atoms. The van der Waals surface area contributed by atoms with Gasteiger partial charge in [0.1, 0.15) is 17.1 Å². The molecule has 2 aromatic carbocycles. The van der Waals surface area contributed by atoms with E-state index in [1.54, 1.807) is 51.5 Å². The Balaban J connectivity index is 1.68. The number of anilines is 1. The molecule has 0 atom stereocenters. The number of carbonyl (C=O) groups is 2. The number of rotatable bonds is 8. The normalized spacial score (nSPS) is 10.9. The van der Waals surface area contributed by atoms with E-state index in [-0.39, 0.29) is 18.0 Å². The van der Waals surface area contributed by atoms with Gasteiger partial charge < -0.3 is 19.5 Å². The first-order valence-corrected chi connectivity index (χ1v) is 10.9. The first-order chi connectivity index (χ1) is 17.0. The zero-order valence-corrected chi connectivity index (χ0v) is 19.5. The Bertz CT molecular complexity index is 1410. The van der Waals surface area contributed by atoms with E-state index in [0.717, 1.165) is 10.9 Å². The van der Waals surface area contributed by atoms with Crippen LogP contribution >= 0.6 is 0 Å². The third kappa shape index (κ3) is 5.14. The highest BCUT2D eigenvalue weighted by molar-refractivity contribution is 6.06. The Morgan fingerprint density at radius 2 is 1.89 bits per heavy atom. The molecule has 0 unspecified atom stereocenters. The van der Waals surface area contributed by atoms with Gasteiger partial charge in [-0.25, -0.2) is 9.78 Å². The van der Waals surface area contributed by atoms with Crippen LogP contribution in [0, 0.1) is 0 Å². The molecule has 0 aliphatic rings. The van der Waals surface area contributed by atoms with Crippen molar-refractivity contribution in [2.24, 2.45) is 0 Å². The maximum absolute atomic E-state index is 12.9. The number of para-hydroxylation sites is 1. The first-order valence-electron chi connectivity index (χ1n) is 10.9. The molecule has 35 heavy (non-hydrogen) atoms. The summed E-state index contributed by atoms with van der Waals surface area (Å²) in [6.45, 7) is 1.89. The number of hydrogen-bond donors (Lipinski definition) is 1. The Labute approximate surface area is 201 Å². The van der Waals surface area contributed by atoms with Crippen molar-refractivity contribution in [3.63, 3.8) is 0 Å². The van der Waals surface area contributed by atoms with Crippen molar-refractivity contribution < 1.29 is 23.8 Å². The van der Waals surface area contributed by atoms with Gasteiger partial charge in [0.25, 0.3) is 0 Å². The van der Waals surface area contributed by atoms with Crippen molar-refractivity contribution in [1.29, 1.82) is 0 Å². The lowest BCUT2D eigenvalue weighted by atomic mass is 10.1. The number of amides is 1.